The first-order valence-electron chi connectivity index (χ1n) is 7.57. The lowest BCUT2D eigenvalue weighted by Gasteiger charge is -2.10. The number of rotatable bonds is 4. The van der Waals surface area contributed by atoms with E-state index in [0.717, 1.165) is 16.8 Å². The first kappa shape index (κ1) is 17.3. The number of hydrogen-bond donors (Lipinski definition) is 2. The Bertz CT molecular complexity index is 706. The topological polar surface area (TPSA) is 76.7 Å². The summed E-state index contributed by atoms with van der Waals surface area (Å²) in [6.07, 6.45) is -0.759. The molecule has 6 heteroatoms. The molecule has 24 heavy (non-hydrogen) atoms. The fraction of sp³-hybridized carbons (Fsp3) is 0.222. The molecule has 2 aromatic carbocycles. The van der Waals surface area contributed by atoms with Gasteiger partial charge in [-0.1, -0.05) is 6.07 Å². The Morgan fingerprint density at radius 1 is 0.917 bits per heavy atom. The molecule has 0 aliphatic carbocycles. The SMILES string of the molecule is CCOC(=O)Oc1ccc(NC(=O)Nc2cc(C)cc(C)c2)cc1. The van der Waals surface area contributed by atoms with Gasteiger partial charge >= 0.3 is 12.2 Å². The lowest BCUT2D eigenvalue weighted by atomic mass is 10.1. The number of urea groups is 1. The second-order valence-electron chi connectivity index (χ2n) is 5.26. The Balaban J connectivity index is 1.93. The zero-order valence-electron chi connectivity index (χ0n) is 13.9. The maximum atomic E-state index is 12.0. The molecular formula is C18H20N2O4. The van der Waals surface area contributed by atoms with Gasteiger partial charge in [-0.05, 0) is 68.3 Å². The zero-order chi connectivity index (χ0) is 17.5. The third-order valence-electron chi connectivity index (χ3n) is 3.06. The van der Waals surface area contributed by atoms with Crippen molar-refractivity contribution in [2.24, 2.45) is 0 Å². The molecule has 0 saturated heterocycles. The predicted octanol–water partition coefficient (Wildman–Crippen LogP) is 4.48. The number of carbonyl (C=O) groups is 2. The number of nitrogens with one attached hydrogen (secondary N) is 2. The van der Waals surface area contributed by atoms with E-state index in [2.05, 4.69) is 15.4 Å². The molecule has 2 N–H and O–H groups in total. The molecule has 0 bridgehead atoms. The monoisotopic (exact) mass is 328 g/mol. The Morgan fingerprint density at radius 3 is 2.08 bits per heavy atom. The molecule has 0 fully saturated rings. The van der Waals surface area contributed by atoms with Crippen LogP contribution in [-0.4, -0.2) is 18.8 Å². The Hall–Kier alpha value is -3.02. The van der Waals surface area contributed by atoms with Crippen LogP contribution in [0.5, 0.6) is 5.75 Å². The minimum Gasteiger partial charge on any atom is -0.434 e. The van der Waals surface area contributed by atoms with Crippen LogP contribution in [0.4, 0.5) is 21.0 Å². The highest BCUT2D eigenvalue weighted by Crippen LogP contribution is 2.17. The number of benzene rings is 2. The smallest absolute Gasteiger partial charge is 0.434 e. The third kappa shape index (κ3) is 5.31. The normalized spacial score (nSPS) is 9.96. The first-order chi connectivity index (χ1) is 11.5. The van der Waals surface area contributed by atoms with Crippen LogP contribution in [0.1, 0.15) is 18.1 Å². The lowest BCUT2D eigenvalue weighted by Crippen LogP contribution is -2.19. The van der Waals surface area contributed by atoms with Crippen molar-refractivity contribution in [3.63, 3.8) is 0 Å². The van der Waals surface area contributed by atoms with E-state index >= 15 is 0 Å². The highest BCUT2D eigenvalue weighted by molar-refractivity contribution is 5.99. The molecule has 0 aliphatic heterocycles. The van der Waals surface area contributed by atoms with E-state index in [1.807, 2.05) is 32.0 Å². The number of ether oxygens (including phenoxy) is 2. The van der Waals surface area contributed by atoms with E-state index in [1.165, 1.54) is 0 Å². The quantitative estimate of drug-likeness (QED) is 0.641. The van der Waals surface area contributed by atoms with Crippen molar-refractivity contribution in [1.82, 2.24) is 0 Å². The number of amides is 2. The van der Waals surface area contributed by atoms with Crippen molar-refractivity contribution in [1.29, 1.82) is 0 Å². The maximum Gasteiger partial charge on any atom is 0.513 e. The van der Waals surface area contributed by atoms with Crippen LogP contribution in [0.25, 0.3) is 0 Å². The fourth-order valence-corrected chi connectivity index (χ4v) is 2.19. The molecule has 6 nitrogen and oxygen atoms in total. The van der Waals surface area contributed by atoms with Gasteiger partial charge in [0.05, 0.1) is 6.61 Å². The van der Waals surface area contributed by atoms with E-state index in [-0.39, 0.29) is 12.6 Å². The summed E-state index contributed by atoms with van der Waals surface area (Å²) in [5.41, 5.74) is 3.46. The Kier molecular flexibility index (Phi) is 5.78. The van der Waals surface area contributed by atoms with Gasteiger partial charge in [-0.25, -0.2) is 9.59 Å². The summed E-state index contributed by atoms with van der Waals surface area (Å²) in [6.45, 7) is 5.89. The molecule has 0 unspecified atom stereocenters. The average Bonchev–Trinajstić information content (AvgIpc) is 2.48. The Labute approximate surface area is 140 Å². The molecule has 2 amide bonds. The summed E-state index contributed by atoms with van der Waals surface area (Å²) < 4.78 is 9.63. The zero-order valence-corrected chi connectivity index (χ0v) is 13.9. The van der Waals surface area contributed by atoms with Crippen LogP contribution in [-0.2, 0) is 4.74 Å². The van der Waals surface area contributed by atoms with Gasteiger partial charge in [-0.2, -0.15) is 0 Å². The molecule has 0 heterocycles. The summed E-state index contributed by atoms with van der Waals surface area (Å²) in [5.74, 6) is 0.341. The van der Waals surface area contributed by atoms with Crippen molar-refractivity contribution in [2.45, 2.75) is 20.8 Å². The van der Waals surface area contributed by atoms with E-state index in [0.29, 0.717) is 11.4 Å². The van der Waals surface area contributed by atoms with Crippen LogP contribution >= 0.6 is 0 Å². The highest BCUT2D eigenvalue weighted by Gasteiger charge is 2.06. The third-order valence-corrected chi connectivity index (χ3v) is 3.06. The van der Waals surface area contributed by atoms with Gasteiger partial charge in [-0.15, -0.1) is 0 Å². The molecule has 2 aromatic rings. The van der Waals surface area contributed by atoms with Gasteiger partial charge < -0.3 is 20.1 Å². The highest BCUT2D eigenvalue weighted by atomic mass is 16.7. The van der Waals surface area contributed by atoms with Crippen LogP contribution in [0.15, 0.2) is 42.5 Å². The molecule has 2 rings (SSSR count). The number of hydrogen-bond acceptors (Lipinski definition) is 4. The van der Waals surface area contributed by atoms with Crippen molar-refractivity contribution >= 4 is 23.6 Å². The van der Waals surface area contributed by atoms with Crippen LogP contribution in [0, 0.1) is 13.8 Å². The summed E-state index contributed by atoms with van der Waals surface area (Å²) >= 11 is 0. The maximum absolute atomic E-state index is 12.0. The van der Waals surface area contributed by atoms with Gasteiger partial charge in [0.2, 0.25) is 0 Å². The molecule has 0 radical (unpaired) electrons. The molecule has 0 aliphatic rings. The summed E-state index contributed by atoms with van der Waals surface area (Å²) in [4.78, 5) is 23.2. The van der Waals surface area contributed by atoms with Crippen LogP contribution < -0.4 is 15.4 Å². The largest absolute Gasteiger partial charge is 0.513 e. The Morgan fingerprint density at radius 2 is 1.50 bits per heavy atom. The van der Waals surface area contributed by atoms with Gasteiger partial charge in [0.15, 0.2) is 0 Å². The van der Waals surface area contributed by atoms with E-state index in [4.69, 9.17) is 4.74 Å². The molecule has 126 valence electrons. The van der Waals surface area contributed by atoms with Crippen LogP contribution in [0.2, 0.25) is 0 Å². The molecule has 0 aromatic heterocycles. The van der Waals surface area contributed by atoms with Gasteiger partial charge in [-0.3, -0.25) is 0 Å². The minimum atomic E-state index is -0.759. The van der Waals surface area contributed by atoms with Crippen molar-refractivity contribution < 1.29 is 19.1 Å². The van der Waals surface area contributed by atoms with Gasteiger partial charge in [0.1, 0.15) is 5.75 Å². The summed E-state index contributed by atoms with van der Waals surface area (Å²) in [6, 6.07) is 11.9. The van der Waals surface area contributed by atoms with E-state index < -0.39 is 6.16 Å². The first-order valence-corrected chi connectivity index (χ1v) is 7.57. The van der Waals surface area contributed by atoms with E-state index in [1.54, 1.807) is 31.2 Å². The van der Waals surface area contributed by atoms with Gasteiger partial charge in [0, 0.05) is 11.4 Å². The molecule has 0 atom stereocenters. The number of aryl methyl sites for hydroxylation is 2. The fourth-order valence-electron chi connectivity index (χ4n) is 2.19. The average molecular weight is 328 g/mol. The minimum absolute atomic E-state index is 0.247. The number of anilines is 2. The van der Waals surface area contributed by atoms with Crippen LogP contribution in [0.3, 0.4) is 0 Å². The predicted molar refractivity (Wildman–Crippen MR) is 92.6 cm³/mol. The van der Waals surface area contributed by atoms with Crippen molar-refractivity contribution in [3.05, 3.63) is 53.6 Å². The molecule has 0 saturated carbocycles. The molecule has 0 spiro atoms. The summed E-state index contributed by atoms with van der Waals surface area (Å²) in [7, 11) is 0. The number of carbonyl (C=O) groups excluding carboxylic acids is 2. The standard InChI is InChI=1S/C18H20N2O4/c1-4-23-18(22)24-16-7-5-14(6-8-16)19-17(21)20-15-10-12(2)9-13(3)11-15/h5-11H,4H2,1-3H3,(H2,19,20,21). The lowest BCUT2D eigenvalue weighted by molar-refractivity contribution is 0.104. The second kappa shape index (κ2) is 8.01. The molecular weight excluding hydrogens is 308 g/mol. The van der Waals surface area contributed by atoms with E-state index in [9.17, 15) is 9.59 Å². The van der Waals surface area contributed by atoms with Gasteiger partial charge in [0.25, 0.3) is 0 Å². The van der Waals surface area contributed by atoms with Crippen molar-refractivity contribution in [2.75, 3.05) is 17.2 Å². The summed E-state index contributed by atoms with van der Waals surface area (Å²) in [5, 5.41) is 5.49. The second-order valence-corrected chi connectivity index (χ2v) is 5.26. The van der Waals surface area contributed by atoms with Crippen molar-refractivity contribution in [3.8, 4) is 5.75 Å².